The molecule has 0 saturated heterocycles. The van der Waals surface area contributed by atoms with Crippen LogP contribution in [0.2, 0.25) is 5.02 Å². The molecule has 4 N–H and O–H groups in total. The first-order chi connectivity index (χ1) is 19.1. The molecular weight excluding hydrogens is 554 g/mol. The van der Waals surface area contributed by atoms with Gasteiger partial charge in [0.2, 0.25) is 0 Å². The molecule has 9 nitrogen and oxygen atoms in total. The van der Waals surface area contributed by atoms with E-state index in [2.05, 4.69) is 15.4 Å². The van der Waals surface area contributed by atoms with Crippen LogP contribution in [0.15, 0.2) is 102 Å². The predicted molar refractivity (Wildman–Crippen MR) is 154 cm³/mol. The zero-order chi connectivity index (χ0) is 28.7. The summed E-state index contributed by atoms with van der Waals surface area (Å²) in [6.07, 6.45) is -0.202. The Kier molecular flexibility index (Phi) is 8.93. The van der Waals surface area contributed by atoms with E-state index in [4.69, 9.17) is 21.4 Å². The summed E-state index contributed by atoms with van der Waals surface area (Å²) in [5.74, 6) is -0.557. The molecule has 0 radical (unpaired) electrons. The number of hydrogen-bond donors (Lipinski definition) is 4. The van der Waals surface area contributed by atoms with Gasteiger partial charge in [0.05, 0.1) is 23.0 Å². The molecule has 0 bridgehead atoms. The second-order valence-corrected chi connectivity index (χ2v) is 10.9. The van der Waals surface area contributed by atoms with E-state index >= 15 is 0 Å². The summed E-state index contributed by atoms with van der Waals surface area (Å²) in [5.41, 5.74) is 1.78. The number of carboxylic acid groups (broad SMARTS) is 1. The lowest BCUT2D eigenvalue weighted by Crippen LogP contribution is -2.31. The molecule has 0 heterocycles. The third kappa shape index (κ3) is 7.75. The fourth-order valence-corrected chi connectivity index (χ4v) is 4.99. The van der Waals surface area contributed by atoms with Gasteiger partial charge < -0.3 is 20.5 Å². The van der Waals surface area contributed by atoms with Gasteiger partial charge in [-0.15, -0.1) is 0 Å². The Morgan fingerprint density at radius 2 is 1.65 bits per heavy atom. The van der Waals surface area contributed by atoms with Crippen LogP contribution in [-0.2, 0) is 21.2 Å². The van der Waals surface area contributed by atoms with E-state index in [-0.39, 0.29) is 28.8 Å². The van der Waals surface area contributed by atoms with E-state index in [1.54, 1.807) is 30.3 Å². The van der Waals surface area contributed by atoms with Gasteiger partial charge in [0, 0.05) is 10.7 Å². The number of carboxylic acids is 1. The average Bonchev–Trinajstić information content (AvgIpc) is 2.90. The Bertz CT molecular complexity index is 1610. The van der Waals surface area contributed by atoms with Gasteiger partial charge in [-0.1, -0.05) is 54.1 Å². The number of rotatable bonds is 10. The number of urea groups is 1. The number of sulfonamides is 1. The molecule has 11 heteroatoms. The van der Waals surface area contributed by atoms with Crippen LogP contribution < -0.4 is 20.1 Å². The second kappa shape index (κ2) is 12.5. The van der Waals surface area contributed by atoms with Crippen molar-refractivity contribution in [3.63, 3.8) is 0 Å². The van der Waals surface area contributed by atoms with Crippen LogP contribution in [0.25, 0.3) is 0 Å². The van der Waals surface area contributed by atoms with E-state index in [0.717, 1.165) is 5.56 Å². The van der Waals surface area contributed by atoms with Crippen LogP contribution in [0.5, 0.6) is 11.5 Å². The minimum atomic E-state index is -4.06. The number of nitrogens with one attached hydrogen (secondary N) is 3. The molecule has 0 aromatic heterocycles. The zero-order valence-electron chi connectivity index (χ0n) is 21.3. The van der Waals surface area contributed by atoms with Gasteiger partial charge in [0.25, 0.3) is 10.0 Å². The van der Waals surface area contributed by atoms with E-state index < -0.39 is 22.0 Å². The minimum absolute atomic E-state index is 0.0286. The Hall–Kier alpha value is -4.54. The van der Waals surface area contributed by atoms with Crippen molar-refractivity contribution in [1.82, 2.24) is 5.32 Å². The molecule has 206 valence electrons. The molecule has 0 spiro atoms. The highest BCUT2D eigenvalue weighted by Gasteiger charge is 2.19. The number of anilines is 2. The number of halogens is 1. The highest BCUT2D eigenvalue weighted by molar-refractivity contribution is 7.92. The van der Waals surface area contributed by atoms with Gasteiger partial charge in [-0.3, -0.25) is 9.52 Å². The van der Waals surface area contributed by atoms with Crippen LogP contribution in [0.1, 0.15) is 24.1 Å². The Labute approximate surface area is 236 Å². The molecule has 0 saturated carbocycles. The van der Waals surface area contributed by atoms with Crippen molar-refractivity contribution in [2.75, 3.05) is 10.0 Å². The van der Waals surface area contributed by atoms with Crippen molar-refractivity contribution >= 4 is 45.0 Å². The summed E-state index contributed by atoms with van der Waals surface area (Å²) >= 11 is 5.91. The van der Waals surface area contributed by atoms with E-state index in [1.165, 1.54) is 36.4 Å². The van der Waals surface area contributed by atoms with Gasteiger partial charge in [-0.05, 0) is 72.6 Å². The Morgan fingerprint density at radius 1 is 0.925 bits per heavy atom. The lowest BCUT2D eigenvalue weighted by atomic mass is 10.1. The van der Waals surface area contributed by atoms with Gasteiger partial charge in [-0.25, -0.2) is 13.2 Å². The van der Waals surface area contributed by atoms with Gasteiger partial charge in [0.1, 0.15) is 5.75 Å². The largest absolute Gasteiger partial charge is 0.481 e. The summed E-state index contributed by atoms with van der Waals surface area (Å²) in [5, 5.41) is 15.0. The number of carbonyl (C=O) groups is 2. The standard InChI is InChI=1S/C29H26ClN3O6S/c1-19(21-7-3-2-4-8-21)31-29(36)32-23-12-15-27(39-24-9-5-6-20(16-24)17-28(34)35)26(18-23)33-40(37,38)25-13-10-22(30)11-14-25/h2-16,18-19,33H,17H2,1H3,(H,34,35)(H2,31,32,36)/t19-/m0/s1. The molecule has 4 aromatic rings. The SMILES string of the molecule is C[C@H](NC(=O)Nc1ccc(Oc2cccc(CC(=O)O)c2)c(NS(=O)(=O)c2ccc(Cl)cc2)c1)c1ccccc1. The first-order valence-electron chi connectivity index (χ1n) is 12.1. The van der Waals surface area contributed by atoms with Gasteiger partial charge in [-0.2, -0.15) is 0 Å². The fourth-order valence-electron chi connectivity index (χ4n) is 3.80. The van der Waals surface area contributed by atoms with Crippen LogP contribution in [-0.4, -0.2) is 25.5 Å². The number of benzene rings is 4. The maximum Gasteiger partial charge on any atom is 0.319 e. The van der Waals surface area contributed by atoms with Crippen molar-refractivity contribution in [3.8, 4) is 11.5 Å². The van der Waals surface area contributed by atoms with Crippen LogP contribution in [0.4, 0.5) is 16.2 Å². The maximum absolute atomic E-state index is 13.2. The normalized spacial score (nSPS) is 11.8. The zero-order valence-corrected chi connectivity index (χ0v) is 22.9. The first kappa shape index (κ1) is 28.5. The molecule has 40 heavy (non-hydrogen) atoms. The Balaban J connectivity index is 1.61. The monoisotopic (exact) mass is 579 g/mol. The minimum Gasteiger partial charge on any atom is -0.481 e. The van der Waals surface area contributed by atoms with Crippen molar-refractivity contribution in [3.05, 3.63) is 113 Å². The first-order valence-corrected chi connectivity index (χ1v) is 14.0. The van der Waals surface area contributed by atoms with Crippen molar-refractivity contribution in [1.29, 1.82) is 0 Å². The van der Waals surface area contributed by atoms with E-state index in [1.807, 2.05) is 37.3 Å². The summed E-state index contributed by atoms with van der Waals surface area (Å²) in [6, 6.07) is 25.2. The molecule has 2 amide bonds. The highest BCUT2D eigenvalue weighted by atomic mass is 35.5. The van der Waals surface area contributed by atoms with Crippen molar-refractivity contribution < 1.29 is 27.9 Å². The summed E-state index contributed by atoms with van der Waals surface area (Å²) < 4.78 is 34.8. The van der Waals surface area contributed by atoms with E-state index in [0.29, 0.717) is 22.0 Å². The lowest BCUT2D eigenvalue weighted by molar-refractivity contribution is -0.136. The number of aliphatic carboxylic acids is 1. The molecule has 0 aliphatic rings. The smallest absolute Gasteiger partial charge is 0.319 e. The van der Waals surface area contributed by atoms with Crippen molar-refractivity contribution in [2.24, 2.45) is 0 Å². The second-order valence-electron chi connectivity index (χ2n) is 8.82. The van der Waals surface area contributed by atoms with Gasteiger partial charge >= 0.3 is 12.0 Å². The predicted octanol–water partition coefficient (Wildman–Crippen LogP) is 6.44. The highest BCUT2D eigenvalue weighted by Crippen LogP contribution is 2.34. The lowest BCUT2D eigenvalue weighted by Gasteiger charge is -2.17. The molecule has 0 aliphatic heterocycles. The number of hydrogen-bond acceptors (Lipinski definition) is 5. The number of amides is 2. The fraction of sp³-hybridized carbons (Fsp3) is 0.103. The number of ether oxygens (including phenoxy) is 1. The molecule has 1 atom stereocenters. The maximum atomic E-state index is 13.2. The molecule has 0 unspecified atom stereocenters. The van der Waals surface area contributed by atoms with Crippen LogP contribution in [0.3, 0.4) is 0 Å². The summed E-state index contributed by atoms with van der Waals surface area (Å²) in [6.45, 7) is 1.84. The van der Waals surface area contributed by atoms with Crippen LogP contribution in [0, 0.1) is 0 Å². The molecule has 4 rings (SSSR count). The molecular formula is C29H26ClN3O6S. The quantitative estimate of drug-likeness (QED) is 0.171. The molecule has 0 aliphatic carbocycles. The van der Waals surface area contributed by atoms with Crippen molar-refractivity contribution in [2.45, 2.75) is 24.3 Å². The third-order valence-corrected chi connectivity index (χ3v) is 7.37. The summed E-state index contributed by atoms with van der Waals surface area (Å²) in [4.78, 5) is 23.8. The number of carbonyl (C=O) groups excluding carboxylic acids is 1. The average molecular weight is 580 g/mol. The van der Waals surface area contributed by atoms with Crippen LogP contribution >= 0.6 is 11.6 Å². The summed E-state index contributed by atoms with van der Waals surface area (Å²) in [7, 11) is -4.06. The molecule has 0 fully saturated rings. The topological polar surface area (TPSA) is 134 Å². The van der Waals surface area contributed by atoms with Gasteiger partial charge in [0.15, 0.2) is 5.75 Å². The molecule has 4 aromatic carbocycles. The van der Waals surface area contributed by atoms with E-state index in [9.17, 15) is 18.0 Å². The Morgan fingerprint density at radius 3 is 2.35 bits per heavy atom. The third-order valence-electron chi connectivity index (χ3n) is 5.73.